The van der Waals surface area contributed by atoms with Gasteiger partial charge in [0, 0.05) is 12.1 Å². The van der Waals surface area contributed by atoms with Gasteiger partial charge in [0.1, 0.15) is 24.4 Å². The molecule has 19 nitrogen and oxygen atoms in total. The maximum atomic E-state index is 13.3. The molecule has 222 valence electrons. The first-order valence-corrected chi connectivity index (χ1v) is 15.3. The molecule has 3 aliphatic rings. The van der Waals surface area contributed by atoms with Gasteiger partial charge in [-0.3, -0.25) is 32.4 Å². The van der Waals surface area contributed by atoms with Crippen LogP contribution in [0.2, 0.25) is 0 Å². The second kappa shape index (κ2) is 10.5. The molecule has 4 unspecified atom stereocenters. The number of aromatic nitrogens is 6. The highest BCUT2D eigenvalue weighted by atomic mass is 31.2. The van der Waals surface area contributed by atoms with Gasteiger partial charge in [0.25, 0.3) is 5.56 Å². The quantitative estimate of drug-likeness (QED) is 0.201. The van der Waals surface area contributed by atoms with E-state index in [4.69, 9.17) is 28.6 Å². The zero-order chi connectivity index (χ0) is 29.0. The third-order valence-corrected chi connectivity index (χ3v) is 9.17. The number of nitrogen functional groups attached to an aromatic ring is 1. The summed E-state index contributed by atoms with van der Waals surface area (Å²) in [6.45, 7) is -1.71. The first-order chi connectivity index (χ1) is 19.5. The summed E-state index contributed by atoms with van der Waals surface area (Å²) in [6, 6.07) is 1.04. The predicted octanol–water partition coefficient (Wildman–Crippen LogP) is -0.556. The molecule has 5 heterocycles. The lowest BCUT2D eigenvalue weighted by molar-refractivity contribution is -0.106. The Morgan fingerprint density at radius 1 is 1.17 bits per heavy atom. The van der Waals surface area contributed by atoms with Gasteiger partial charge < -0.3 is 30.7 Å². The van der Waals surface area contributed by atoms with Crippen molar-refractivity contribution < 1.29 is 46.9 Å². The smallest absolute Gasteiger partial charge is 0.385 e. The predicted molar refractivity (Wildman–Crippen MR) is 136 cm³/mol. The number of hydrogen-bond donors (Lipinski definition) is 6. The molecule has 2 aliphatic heterocycles. The van der Waals surface area contributed by atoms with Crippen molar-refractivity contribution in [2.24, 2.45) is 5.92 Å². The minimum atomic E-state index is -5.01. The zero-order valence-corrected chi connectivity index (χ0v) is 22.8. The highest BCUT2D eigenvalue weighted by Crippen LogP contribution is 2.55. The van der Waals surface area contributed by atoms with Crippen molar-refractivity contribution >= 4 is 38.6 Å². The van der Waals surface area contributed by atoms with Crippen LogP contribution in [0.3, 0.4) is 0 Å². The van der Waals surface area contributed by atoms with E-state index in [1.54, 1.807) is 6.07 Å². The summed E-state index contributed by atoms with van der Waals surface area (Å²) in [6.07, 6.45) is 0.468. The third-order valence-electron chi connectivity index (χ3n) is 7.16. The Hall–Kier alpha value is -2.83. The molecule has 3 aromatic heterocycles. The number of anilines is 2. The van der Waals surface area contributed by atoms with Crippen LogP contribution in [0.1, 0.15) is 12.8 Å². The average Bonchev–Trinajstić information content (AvgIpc) is 3.59. The molecule has 0 aromatic carbocycles. The maximum absolute atomic E-state index is 13.3. The van der Waals surface area contributed by atoms with Crippen LogP contribution >= 0.6 is 15.6 Å². The summed E-state index contributed by atoms with van der Waals surface area (Å²) in [5.41, 5.74) is 2.35. The van der Waals surface area contributed by atoms with E-state index in [0.717, 1.165) is 10.9 Å². The first kappa shape index (κ1) is 28.3. The largest absolute Gasteiger partial charge is 0.474 e. The summed E-state index contributed by atoms with van der Waals surface area (Å²) in [4.78, 5) is 52.0. The Bertz CT molecular complexity index is 1590. The molecule has 1 aliphatic carbocycles. The molecule has 3 fully saturated rings. The van der Waals surface area contributed by atoms with E-state index < -0.39 is 77.0 Å². The van der Waals surface area contributed by atoms with Gasteiger partial charge >= 0.3 is 15.6 Å². The number of nitrogens with two attached hydrogens (primary N) is 1. The van der Waals surface area contributed by atoms with E-state index in [2.05, 4.69) is 30.2 Å². The lowest BCUT2D eigenvalue weighted by Crippen LogP contribution is -2.48. The molecule has 1 saturated carbocycles. The second-order valence-electron chi connectivity index (χ2n) is 9.75. The van der Waals surface area contributed by atoms with Gasteiger partial charge in [0.15, 0.2) is 11.2 Å². The fourth-order valence-electron chi connectivity index (χ4n) is 5.25. The van der Waals surface area contributed by atoms with Crippen LogP contribution in [0.5, 0.6) is 0 Å². The molecule has 0 radical (unpaired) electrons. The first-order valence-electron chi connectivity index (χ1n) is 12.4. The monoisotopic (exact) mass is 616 g/mol. The minimum absolute atomic E-state index is 0.189. The van der Waals surface area contributed by atoms with E-state index in [1.165, 1.54) is 12.5 Å². The molecule has 0 spiro atoms. The van der Waals surface area contributed by atoms with E-state index in [9.17, 15) is 28.8 Å². The Morgan fingerprint density at radius 2 is 1.98 bits per heavy atom. The van der Waals surface area contributed by atoms with Crippen LogP contribution in [0.15, 0.2) is 29.7 Å². The number of aliphatic hydroxyl groups excluding tert-OH is 1. The SMILES string of the molecule is Nc1nc2c(ncn2C23CO[C@@H](COP(=O)(O)O[C@H]4C(Nc5ccncn5)CC[C@H]4COP(=O)(O)O2)[C@H]3O)c(=O)[nH]1. The summed E-state index contributed by atoms with van der Waals surface area (Å²) in [5, 5.41) is 14.4. The van der Waals surface area contributed by atoms with E-state index in [0.29, 0.717) is 18.7 Å². The number of phosphoric acid groups is 2. The number of ether oxygens (including phenoxy) is 1. The third kappa shape index (κ3) is 5.41. The summed E-state index contributed by atoms with van der Waals surface area (Å²) < 4.78 is 54.6. The number of nitrogens with one attached hydrogen (secondary N) is 2. The van der Waals surface area contributed by atoms with Crippen LogP contribution in [-0.4, -0.2) is 88.6 Å². The molecule has 41 heavy (non-hydrogen) atoms. The number of fused-ring (bicyclic) bond motifs is 4. The van der Waals surface area contributed by atoms with Crippen molar-refractivity contribution in [1.29, 1.82) is 0 Å². The van der Waals surface area contributed by atoms with Crippen LogP contribution in [0.25, 0.3) is 11.2 Å². The van der Waals surface area contributed by atoms with Gasteiger partial charge in [-0.15, -0.1) is 0 Å². The van der Waals surface area contributed by atoms with E-state index in [1.807, 2.05) is 0 Å². The Balaban J connectivity index is 1.35. The Morgan fingerprint density at radius 3 is 2.76 bits per heavy atom. The molecule has 2 bridgehead atoms. The van der Waals surface area contributed by atoms with Gasteiger partial charge in [-0.05, 0) is 18.9 Å². The van der Waals surface area contributed by atoms with Gasteiger partial charge in [-0.1, -0.05) is 0 Å². The van der Waals surface area contributed by atoms with Gasteiger partial charge in [0.05, 0.1) is 38.3 Å². The maximum Gasteiger partial charge on any atom is 0.474 e. The highest BCUT2D eigenvalue weighted by molar-refractivity contribution is 7.47. The molecule has 0 amide bonds. The minimum Gasteiger partial charge on any atom is -0.385 e. The Labute approximate surface area is 230 Å². The van der Waals surface area contributed by atoms with Gasteiger partial charge in [0.2, 0.25) is 11.7 Å². The van der Waals surface area contributed by atoms with Gasteiger partial charge in [-0.25, -0.2) is 24.1 Å². The average molecular weight is 616 g/mol. The second-order valence-corrected chi connectivity index (χ2v) is 12.5. The molecule has 21 heteroatoms. The number of nitrogens with zero attached hydrogens (tertiary/aromatic N) is 5. The molecular weight excluding hydrogens is 590 g/mol. The summed E-state index contributed by atoms with van der Waals surface area (Å²) in [5.74, 6) is -0.524. The Kier molecular flexibility index (Phi) is 7.22. The fourth-order valence-corrected chi connectivity index (χ4v) is 7.35. The number of H-pyrrole nitrogens is 1. The highest BCUT2D eigenvalue weighted by Gasteiger charge is 2.57. The van der Waals surface area contributed by atoms with Crippen LogP contribution in [-0.2, 0) is 37.7 Å². The van der Waals surface area contributed by atoms with Crippen LogP contribution in [0, 0.1) is 5.92 Å². The van der Waals surface area contributed by atoms with Crippen molar-refractivity contribution in [3.63, 3.8) is 0 Å². The number of imidazole rings is 1. The number of aromatic amines is 1. The molecule has 6 rings (SSSR count). The van der Waals surface area contributed by atoms with Crippen molar-refractivity contribution in [2.45, 2.75) is 42.9 Å². The standard InChI is InChI=1S/C20H26N8O11P2/c21-19-26-17-14(18(30)27-19)24-9-28(17)20-7-35-12(16(20)29)6-37-40(31,32)38-15-10(5-36-41(33,34)39-20)1-2-11(15)25-13-3-4-22-8-23-13/h3-4,8-12,15-16,29H,1-2,5-7H2,(H,31,32)(H,33,34)(H,22,23,25)(H3,21,26,27,30)/t10-,11?,12-,15+,16+,20?/m0/s1. The molecule has 2 saturated heterocycles. The van der Waals surface area contributed by atoms with Crippen molar-refractivity contribution in [3.05, 3.63) is 35.3 Å². The normalized spacial score (nSPS) is 38.1. The summed E-state index contributed by atoms with van der Waals surface area (Å²) in [7, 11) is -9.79. The number of hydrogen-bond acceptors (Lipinski definition) is 15. The lowest BCUT2D eigenvalue weighted by Gasteiger charge is -2.34. The molecule has 3 aromatic rings. The van der Waals surface area contributed by atoms with E-state index in [-0.39, 0.29) is 17.1 Å². The van der Waals surface area contributed by atoms with Crippen LogP contribution in [0.4, 0.5) is 11.8 Å². The lowest BCUT2D eigenvalue weighted by atomic mass is 10.1. The molecule has 7 N–H and O–H groups in total. The number of rotatable bonds is 3. The van der Waals surface area contributed by atoms with Gasteiger partial charge in [-0.2, -0.15) is 4.98 Å². The molecular formula is C20H26N8O11P2. The van der Waals surface area contributed by atoms with Crippen molar-refractivity contribution in [3.8, 4) is 0 Å². The van der Waals surface area contributed by atoms with Crippen molar-refractivity contribution in [2.75, 3.05) is 30.9 Å². The fraction of sp³-hybridized carbons (Fsp3) is 0.550. The molecule has 8 atom stereocenters. The number of phosphoric ester groups is 2. The summed E-state index contributed by atoms with van der Waals surface area (Å²) >= 11 is 0. The zero-order valence-electron chi connectivity index (χ0n) is 21.0. The van der Waals surface area contributed by atoms with Crippen LogP contribution < -0.4 is 16.6 Å². The van der Waals surface area contributed by atoms with Crippen molar-refractivity contribution in [1.82, 2.24) is 29.5 Å². The number of aliphatic hydroxyl groups is 1. The topological polar surface area (TPSA) is 268 Å². The van der Waals surface area contributed by atoms with E-state index >= 15 is 0 Å².